The number of alkyl halides is 3. The predicted octanol–water partition coefficient (Wildman–Crippen LogP) is 4.47. The zero-order chi connectivity index (χ0) is 25.4. The first-order valence-electron chi connectivity index (χ1n) is 11.6. The Hall–Kier alpha value is -3.50. The lowest BCUT2D eigenvalue weighted by Crippen LogP contribution is -2.52. The normalized spacial score (nSPS) is 16.5. The number of halogens is 3. The number of hydrogen-bond acceptors (Lipinski definition) is 4. The van der Waals surface area contributed by atoms with Crippen LogP contribution in [-0.2, 0) is 6.18 Å². The van der Waals surface area contributed by atoms with Crippen LogP contribution in [0.2, 0.25) is 0 Å². The maximum atomic E-state index is 13.3. The van der Waals surface area contributed by atoms with E-state index in [-0.39, 0.29) is 29.2 Å². The molecule has 10 heteroatoms. The number of rotatable bonds is 4. The number of carbonyl (C=O) groups is 2. The first kappa shape index (κ1) is 24.2. The number of anilines is 1. The van der Waals surface area contributed by atoms with Gasteiger partial charge in [0.2, 0.25) is 0 Å². The third-order valence-electron chi connectivity index (χ3n) is 6.63. The van der Waals surface area contributed by atoms with E-state index in [1.54, 1.807) is 12.1 Å². The van der Waals surface area contributed by atoms with E-state index in [0.717, 1.165) is 11.5 Å². The quantitative estimate of drug-likeness (QED) is 0.411. The first-order chi connectivity index (χ1) is 17.2. The number of piperazine rings is 1. The van der Waals surface area contributed by atoms with Gasteiger partial charge >= 0.3 is 6.18 Å². The van der Waals surface area contributed by atoms with E-state index in [1.807, 2.05) is 29.2 Å². The van der Waals surface area contributed by atoms with Gasteiger partial charge in [-0.15, -0.1) is 0 Å². The van der Waals surface area contributed by atoms with Gasteiger partial charge in [-0.2, -0.15) is 13.2 Å². The molecule has 2 heterocycles. The molecule has 0 aliphatic carbocycles. The van der Waals surface area contributed by atoms with Crippen molar-refractivity contribution in [3.8, 4) is 0 Å². The van der Waals surface area contributed by atoms with E-state index in [1.165, 1.54) is 23.1 Å². The third-order valence-corrected chi connectivity index (χ3v) is 6.99. The van der Waals surface area contributed by atoms with E-state index in [4.69, 9.17) is 12.2 Å². The Morgan fingerprint density at radius 2 is 1.44 bits per heavy atom. The highest BCUT2D eigenvalue weighted by Crippen LogP contribution is 2.35. The summed E-state index contributed by atoms with van der Waals surface area (Å²) < 4.78 is 39.8. The van der Waals surface area contributed by atoms with Gasteiger partial charge in [0.15, 0.2) is 5.11 Å². The van der Waals surface area contributed by atoms with Crippen LogP contribution < -0.4 is 5.32 Å². The van der Waals surface area contributed by atoms with Crippen molar-refractivity contribution in [2.24, 2.45) is 0 Å². The van der Waals surface area contributed by atoms with Gasteiger partial charge in [0.25, 0.3) is 11.8 Å². The number of carbonyl (C=O) groups excluding carboxylic acids is 2. The molecule has 2 amide bonds. The molecule has 3 aromatic carbocycles. The van der Waals surface area contributed by atoms with Gasteiger partial charge in [0.05, 0.1) is 11.3 Å². The standard InChI is InChI=1S/C26H23F3N4O2S/c27-26(28,29)20-9-1-2-10-21(20)30-25(36)32-14-11-31(12-15-32)13-16-33-23(34)18-7-3-5-17-6-4-8-19(22(17)18)24(33)35/h1-10H,11-16H2,(H,30,36). The molecular formula is C26H23F3N4O2S. The van der Waals surface area contributed by atoms with Crippen molar-refractivity contribution in [3.63, 3.8) is 0 Å². The second kappa shape index (κ2) is 9.51. The molecule has 2 aliphatic heterocycles. The van der Waals surface area contributed by atoms with Gasteiger partial charge < -0.3 is 10.2 Å². The van der Waals surface area contributed by atoms with Crippen molar-refractivity contribution in [1.82, 2.24) is 14.7 Å². The predicted molar refractivity (Wildman–Crippen MR) is 135 cm³/mol. The van der Waals surface area contributed by atoms with Crippen LogP contribution in [0.25, 0.3) is 10.8 Å². The van der Waals surface area contributed by atoms with Crippen LogP contribution in [0, 0.1) is 0 Å². The van der Waals surface area contributed by atoms with Crippen LogP contribution in [-0.4, -0.2) is 70.9 Å². The summed E-state index contributed by atoms with van der Waals surface area (Å²) in [7, 11) is 0. The molecule has 5 rings (SSSR count). The minimum atomic E-state index is -4.48. The van der Waals surface area contributed by atoms with Gasteiger partial charge in [-0.3, -0.25) is 19.4 Å². The molecule has 0 unspecified atom stereocenters. The first-order valence-corrected chi connectivity index (χ1v) is 12.0. The van der Waals surface area contributed by atoms with Crippen molar-refractivity contribution < 1.29 is 22.8 Å². The minimum Gasteiger partial charge on any atom is -0.346 e. The molecule has 2 aliphatic rings. The summed E-state index contributed by atoms with van der Waals surface area (Å²) in [6, 6.07) is 16.1. The van der Waals surface area contributed by atoms with Gasteiger partial charge in [0, 0.05) is 55.8 Å². The maximum absolute atomic E-state index is 13.3. The minimum absolute atomic E-state index is 0.0742. The lowest BCUT2D eigenvalue weighted by Gasteiger charge is -2.37. The number of nitrogens with one attached hydrogen (secondary N) is 1. The summed E-state index contributed by atoms with van der Waals surface area (Å²) in [5.41, 5.74) is 0.222. The highest BCUT2D eigenvalue weighted by atomic mass is 32.1. The number of imide groups is 1. The van der Waals surface area contributed by atoms with Crippen LogP contribution in [0.5, 0.6) is 0 Å². The molecule has 0 saturated carbocycles. The average Bonchev–Trinajstić information content (AvgIpc) is 2.87. The molecule has 0 bridgehead atoms. The molecule has 36 heavy (non-hydrogen) atoms. The Balaban J connectivity index is 1.18. The smallest absolute Gasteiger partial charge is 0.346 e. The summed E-state index contributed by atoms with van der Waals surface area (Å²) in [4.78, 5) is 31.4. The van der Waals surface area contributed by atoms with E-state index in [9.17, 15) is 22.8 Å². The van der Waals surface area contributed by atoms with Crippen molar-refractivity contribution >= 4 is 45.6 Å². The summed E-state index contributed by atoms with van der Waals surface area (Å²) in [5, 5.41) is 4.54. The molecule has 0 aromatic heterocycles. The zero-order valence-corrected chi connectivity index (χ0v) is 20.0. The summed E-state index contributed by atoms with van der Waals surface area (Å²) >= 11 is 5.37. The average molecular weight is 513 g/mol. The van der Waals surface area contributed by atoms with E-state index < -0.39 is 11.7 Å². The molecule has 0 atom stereocenters. The zero-order valence-electron chi connectivity index (χ0n) is 19.2. The second-order valence-corrected chi connectivity index (χ2v) is 9.16. The fourth-order valence-corrected chi connectivity index (χ4v) is 5.03. The van der Waals surface area contributed by atoms with Crippen molar-refractivity contribution in [1.29, 1.82) is 0 Å². The van der Waals surface area contributed by atoms with Crippen LogP contribution in [0.3, 0.4) is 0 Å². The number of para-hydroxylation sites is 1. The van der Waals surface area contributed by atoms with E-state index >= 15 is 0 Å². The molecule has 3 aromatic rings. The molecule has 186 valence electrons. The topological polar surface area (TPSA) is 55.9 Å². The maximum Gasteiger partial charge on any atom is 0.418 e. The number of nitrogens with zero attached hydrogens (tertiary/aromatic N) is 3. The fourth-order valence-electron chi connectivity index (χ4n) is 4.73. The van der Waals surface area contributed by atoms with Crippen LogP contribution in [0.15, 0.2) is 60.7 Å². The number of hydrogen-bond donors (Lipinski definition) is 1. The Morgan fingerprint density at radius 1 is 0.833 bits per heavy atom. The van der Waals surface area contributed by atoms with Gasteiger partial charge in [-0.05, 0) is 41.9 Å². The fraction of sp³-hybridized carbons (Fsp3) is 0.269. The SMILES string of the molecule is O=C1c2cccc3cccc(c23)C(=O)N1CCN1CCN(C(=S)Nc2ccccc2C(F)(F)F)CC1. The van der Waals surface area contributed by atoms with Crippen molar-refractivity contribution in [3.05, 3.63) is 77.4 Å². The lowest BCUT2D eigenvalue weighted by atomic mass is 9.94. The van der Waals surface area contributed by atoms with E-state index in [2.05, 4.69) is 10.2 Å². The Kier molecular flexibility index (Phi) is 6.40. The molecule has 6 nitrogen and oxygen atoms in total. The molecule has 1 fully saturated rings. The lowest BCUT2D eigenvalue weighted by molar-refractivity contribution is -0.136. The Bertz CT molecular complexity index is 1300. The molecule has 0 radical (unpaired) electrons. The number of amides is 2. The highest BCUT2D eigenvalue weighted by molar-refractivity contribution is 7.80. The molecule has 0 spiro atoms. The number of thiocarbonyl (C=S) groups is 1. The monoisotopic (exact) mass is 512 g/mol. The molecule has 1 N–H and O–H groups in total. The third kappa shape index (κ3) is 4.54. The molecular weight excluding hydrogens is 489 g/mol. The van der Waals surface area contributed by atoms with E-state index in [0.29, 0.717) is 49.2 Å². The summed E-state index contributed by atoms with van der Waals surface area (Å²) in [5.74, 6) is -0.590. The van der Waals surface area contributed by atoms with Crippen LogP contribution >= 0.6 is 12.2 Å². The highest BCUT2D eigenvalue weighted by Gasteiger charge is 2.34. The molecule has 1 saturated heterocycles. The van der Waals surface area contributed by atoms with Crippen molar-refractivity contribution in [2.75, 3.05) is 44.6 Å². The number of benzene rings is 3. The van der Waals surface area contributed by atoms with Gasteiger partial charge in [-0.1, -0.05) is 36.4 Å². The Labute approximate surface area is 211 Å². The van der Waals surface area contributed by atoms with Gasteiger partial charge in [0.1, 0.15) is 0 Å². The van der Waals surface area contributed by atoms with Crippen LogP contribution in [0.1, 0.15) is 26.3 Å². The summed E-state index contributed by atoms with van der Waals surface area (Å²) in [6.45, 7) is 3.00. The van der Waals surface area contributed by atoms with Crippen molar-refractivity contribution in [2.45, 2.75) is 6.18 Å². The largest absolute Gasteiger partial charge is 0.418 e. The van der Waals surface area contributed by atoms with Crippen LogP contribution in [0.4, 0.5) is 18.9 Å². The summed E-state index contributed by atoms with van der Waals surface area (Å²) in [6.07, 6.45) is -4.48. The Morgan fingerprint density at radius 3 is 2.06 bits per heavy atom. The van der Waals surface area contributed by atoms with Gasteiger partial charge in [-0.25, -0.2) is 0 Å². The second-order valence-electron chi connectivity index (χ2n) is 8.77.